The van der Waals surface area contributed by atoms with Gasteiger partial charge in [-0.2, -0.15) is 0 Å². The van der Waals surface area contributed by atoms with E-state index >= 15 is 0 Å². The molecule has 0 unspecified atom stereocenters. The zero-order chi connectivity index (χ0) is 17.4. The van der Waals surface area contributed by atoms with Gasteiger partial charge in [-0.05, 0) is 61.8 Å². The lowest BCUT2D eigenvalue weighted by atomic mass is 9.53. The van der Waals surface area contributed by atoms with Crippen LogP contribution in [-0.4, -0.2) is 17.4 Å². The van der Waals surface area contributed by atoms with Gasteiger partial charge in [-0.15, -0.1) is 0 Å². The minimum Gasteiger partial charge on any atom is -0.351 e. The van der Waals surface area contributed by atoms with E-state index in [0.717, 1.165) is 42.6 Å². The van der Waals surface area contributed by atoms with Gasteiger partial charge in [0.2, 0.25) is 11.8 Å². The highest BCUT2D eigenvalue weighted by atomic mass is 16.2. The molecule has 0 radical (unpaired) electrons. The lowest BCUT2D eigenvalue weighted by Crippen LogP contribution is -2.60. The summed E-state index contributed by atoms with van der Waals surface area (Å²) in [4.78, 5) is 24.4. The quantitative estimate of drug-likeness (QED) is 0.864. The summed E-state index contributed by atoms with van der Waals surface area (Å²) in [5.74, 6) is 2.41. The van der Waals surface area contributed by atoms with Crippen molar-refractivity contribution in [3.05, 3.63) is 35.9 Å². The van der Waals surface area contributed by atoms with E-state index in [1.54, 1.807) is 0 Å². The van der Waals surface area contributed by atoms with Crippen LogP contribution < -0.4 is 10.6 Å². The van der Waals surface area contributed by atoms with E-state index in [2.05, 4.69) is 10.6 Å². The Bertz CT molecular complexity index is 620. The molecule has 0 saturated heterocycles. The van der Waals surface area contributed by atoms with Gasteiger partial charge in [0, 0.05) is 12.5 Å². The summed E-state index contributed by atoms with van der Waals surface area (Å²) in [6.07, 6.45) is 7.88. The number of hydrogen-bond acceptors (Lipinski definition) is 2. The van der Waals surface area contributed by atoms with Crippen LogP contribution in [0.2, 0.25) is 0 Å². The van der Waals surface area contributed by atoms with Crippen LogP contribution >= 0.6 is 0 Å². The van der Waals surface area contributed by atoms with Gasteiger partial charge in [0.1, 0.15) is 0 Å². The van der Waals surface area contributed by atoms with Gasteiger partial charge in [-0.1, -0.05) is 30.3 Å². The number of amides is 2. The van der Waals surface area contributed by atoms with Crippen LogP contribution in [0.1, 0.15) is 63.5 Å². The monoisotopic (exact) mass is 340 g/mol. The molecule has 0 aromatic heterocycles. The first-order chi connectivity index (χ1) is 12.0. The van der Waals surface area contributed by atoms with Crippen molar-refractivity contribution in [3.63, 3.8) is 0 Å². The van der Waals surface area contributed by atoms with Crippen LogP contribution in [-0.2, 0) is 9.59 Å². The maximum absolute atomic E-state index is 12.8. The van der Waals surface area contributed by atoms with Gasteiger partial charge in [0.15, 0.2) is 0 Å². The number of hydrogen-bond donors (Lipinski definition) is 2. The van der Waals surface area contributed by atoms with Crippen LogP contribution in [0.5, 0.6) is 0 Å². The molecule has 4 heteroatoms. The summed E-state index contributed by atoms with van der Waals surface area (Å²) in [5.41, 5.74) is 1.02. The molecule has 25 heavy (non-hydrogen) atoms. The third kappa shape index (κ3) is 3.58. The fourth-order valence-electron chi connectivity index (χ4n) is 5.98. The highest BCUT2D eigenvalue weighted by molar-refractivity contribution is 5.79. The summed E-state index contributed by atoms with van der Waals surface area (Å²) in [6, 6.07) is 9.52. The highest BCUT2D eigenvalue weighted by Gasteiger charge is 2.51. The molecule has 2 amide bonds. The molecule has 1 atom stereocenters. The summed E-state index contributed by atoms with van der Waals surface area (Å²) < 4.78 is 0. The predicted octanol–water partition coefficient (Wildman–Crippen LogP) is 3.34. The molecule has 0 spiro atoms. The Morgan fingerprint density at radius 2 is 1.60 bits per heavy atom. The molecule has 2 N–H and O–H groups in total. The second-order valence-electron chi connectivity index (χ2n) is 8.61. The average molecular weight is 340 g/mol. The first-order valence-electron chi connectivity index (χ1n) is 9.64. The molecule has 4 saturated carbocycles. The van der Waals surface area contributed by atoms with Gasteiger partial charge in [-0.25, -0.2) is 0 Å². The van der Waals surface area contributed by atoms with Gasteiger partial charge in [-0.3, -0.25) is 9.59 Å². The Kier molecular flexibility index (Phi) is 4.30. The van der Waals surface area contributed by atoms with Crippen molar-refractivity contribution in [3.8, 4) is 0 Å². The summed E-state index contributed by atoms with van der Waals surface area (Å²) >= 11 is 0. The van der Waals surface area contributed by atoms with E-state index in [1.165, 1.54) is 26.2 Å². The number of nitrogens with one attached hydrogen (secondary N) is 2. The van der Waals surface area contributed by atoms with Crippen molar-refractivity contribution < 1.29 is 9.59 Å². The SMILES string of the molecule is CC(=O)N[C@H](CC(=O)NC12CC3CC(CC(C3)C1)C2)c1ccccc1. The highest BCUT2D eigenvalue weighted by Crippen LogP contribution is 2.55. The summed E-state index contributed by atoms with van der Waals surface area (Å²) in [6.45, 7) is 1.51. The maximum atomic E-state index is 12.8. The second-order valence-corrected chi connectivity index (χ2v) is 8.61. The van der Waals surface area contributed by atoms with E-state index in [1.807, 2.05) is 30.3 Å². The molecule has 1 aromatic carbocycles. The minimum atomic E-state index is -0.257. The Morgan fingerprint density at radius 1 is 1.04 bits per heavy atom. The zero-order valence-corrected chi connectivity index (χ0v) is 15.0. The fourth-order valence-corrected chi connectivity index (χ4v) is 5.98. The standard InChI is InChI=1S/C21H28N2O2/c1-14(24)22-19(18-5-3-2-4-6-18)10-20(25)23-21-11-15-7-16(12-21)9-17(8-15)13-21/h2-6,15-17,19H,7-13H2,1H3,(H,22,24)(H,23,25)/t15?,16?,17?,19-,21?/m1/s1. The zero-order valence-electron chi connectivity index (χ0n) is 15.0. The molecule has 5 rings (SSSR count). The molecule has 0 aliphatic heterocycles. The van der Waals surface area contributed by atoms with Crippen LogP contribution in [0.25, 0.3) is 0 Å². The largest absolute Gasteiger partial charge is 0.351 e. The fraction of sp³-hybridized carbons (Fsp3) is 0.619. The topological polar surface area (TPSA) is 58.2 Å². The molecule has 0 heterocycles. The first kappa shape index (κ1) is 16.6. The molecule has 4 fully saturated rings. The molecule has 4 aliphatic rings. The van der Waals surface area contributed by atoms with Gasteiger partial charge in [0.25, 0.3) is 0 Å². The summed E-state index contributed by atoms with van der Waals surface area (Å²) in [5, 5.41) is 6.34. The van der Waals surface area contributed by atoms with Crippen molar-refractivity contribution in [2.75, 3.05) is 0 Å². The van der Waals surface area contributed by atoms with E-state index in [0.29, 0.717) is 6.42 Å². The van der Waals surface area contributed by atoms with Crippen LogP contribution in [0.3, 0.4) is 0 Å². The first-order valence-corrected chi connectivity index (χ1v) is 9.64. The van der Waals surface area contributed by atoms with Gasteiger partial charge < -0.3 is 10.6 Å². The normalized spacial score (nSPS) is 33.7. The lowest BCUT2D eigenvalue weighted by molar-refractivity contribution is -0.127. The number of carbonyl (C=O) groups excluding carboxylic acids is 2. The van der Waals surface area contributed by atoms with Crippen molar-refractivity contribution >= 4 is 11.8 Å². The van der Waals surface area contributed by atoms with Gasteiger partial charge in [0.05, 0.1) is 12.5 Å². The maximum Gasteiger partial charge on any atom is 0.222 e. The van der Waals surface area contributed by atoms with Crippen molar-refractivity contribution in [2.24, 2.45) is 17.8 Å². The molecule has 4 aliphatic carbocycles. The average Bonchev–Trinajstić information content (AvgIpc) is 2.52. The lowest BCUT2D eigenvalue weighted by Gasteiger charge is -2.57. The third-order valence-corrected chi connectivity index (χ3v) is 6.41. The summed E-state index contributed by atoms with van der Waals surface area (Å²) in [7, 11) is 0. The molecule has 4 bridgehead atoms. The Balaban J connectivity index is 1.44. The Hall–Kier alpha value is -1.84. The smallest absolute Gasteiger partial charge is 0.222 e. The third-order valence-electron chi connectivity index (χ3n) is 6.41. The Morgan fingerprint density at radius 3 is 2.12 bits per heavy atom. The van der Waals surface area contributed by atoms with Crippen molar-refractivity contribution in [1.82, 2.24) is 10.6 Å². The van der Waals surface area contributed by atoms with E-state index < -0.39 is 0 Å². The molecular weight excluding hydrogens is 312 g/mol. The van der Waals surface area contributed by atoms with Crippen molar-refractivity contribution in [2.45, 2.75) is 63.5 Å². The van der Waals surface area contributed by atoms with Crippen LogP contribution in [0.4, 0.5) is 0 Å². The van der Waals surface area contributed by atoms with E-state index in [4.69, 9.17) is 0 Å². The van der Waals surface area contributed by atoms with Crippen molar-refractivity contribution in [1.29, 1.82) is 0 Å². The molecule has 134 valence electrons. The molecular formula is C21H28N2O2. The second kappa shape index (κ2) is 6.47. The van der Waals surface area contributed by atoms with Crippen LogP contribution in [0.15, 0.2) is 30.3 Å². The molecule has 4 nitrogen and oxygen atoms in total. The van der Waals surface area contributed by atoms with E-state index in [-0.39, 0.29) is 23.4 Å². The predicted molar refractivity (Wildman–Crippen MR) is 96.7 cm³/mol. The Labute approximate surface area is 149 Å². The number of carbonyl (C=O) groups is 2. The van der Waals surface area contributed by atoms with E-state index in [9.17, 15) is 9.59 Å². The molecule has 1 aromatic rings. The van der Waals surface area contributed by atoms with Crippen LogP contribution in [0, 0.1) is 17.8 Å². The van der Waals surface area contributed by atoms with Gasteiger partial charge >= 0.3 is 0 Å². The number of rotatable bonds is 5. The minimum absolute atomic E-state index is 0.0310. The number of benzene rings is 1.